The molecular formula is C18H19FN2O2. The zero-order chi connectivity index (χ0) is 15.8. The summed E-state index contributed by atoms with van der Waals surface area (Å²) in [6.45, 7) is 0. The van der Waals surface area contributed by atoms with Gasteiger partial charge >= 0.3 is 6.04 Å². The highest BCUT2D eigenvalue weighted by Gasteiger charge is 2.55. The number of nitrogens with zero attached hydrogens (tertiary/aromatic N) is 2. The molecule has 4 aliphatic rings. The van der Waals surface area contributed by atoms with E-state index in [9.17, 15) is 14.3 Å². The Morgan fingerprint density at radius 3 is 2.35 bits per heavy atom. The molecule has 23 heavy (non-hydrogen) atoms. The zero-order valence-electron chi connectivity index (χ0n) is 12.9. The van der Waals surface area contributed by atoms with Crippen molar-refractivity contribution in [3.8, 4) is 5.88 Å². The highest BCUT2D eigenvalue weighted by Crippen LogP contribution is 2.57. The van der Waals surface area contributed by atoms with E-state index < -0.39 is 11.9 Å². The number of aromatic nitrogens is 2. The van der Waals surface area contributed by atoms with Crippen LogP contribution < -0.4 is 9.67 Å². The molecule has 4 nitrogen and oxygen atoms in total. The molecule has 120 valence electrons. The molecule has 0 N–H and O–H groups in total. The molecule has 4 fully saturated rings. The molecule has 2 aromatic heterocycles. The number of carbonyl (C=O) groups excluding carboxylic acids is 1. The number of hydrogen-bond acceptors (Lipinski definition) is 2. The molecule has 4 saturated carbocycles. The summed E-state index contributed by atoms with van der Waals surface area (Å²) < 4.78 is 16.7. The Kier molecular flexibility index (Phi) is 2.55. The lowest BCUT2D eigenvalue weighted by Crippen LogP contribution is -2.65. The van der Waals surface area contributed by atoms with Gasteiger partial charge in [0.05, 0.1) is 6.20 Å². The molecular weight excluding hydrogens is 295 g/mol. The molecule has 4 bridgehead atoms. The van der Waals surface area contributed by atoms with Crippen molar-refractivity contribution in [2.45, 2.75) is 44.1 Å². The average molecular weight is 314 g/mol. The highest BCUT2D eigenvalue weighted by molar-refractivity contribution is 5.89. The summed E-state index contributed by atoms with van der Waals surface area (Å²) in [5.74, 6) is 1.58. The number of pyridine rings is 1. The second kappa shape index (κ2) is 4.34. The first-order valence-electron chi connectivity index (χ1n) is 8.50. The van der Waals surface area contributed by atoms with Crippen molar-refractivity contribution in [2.75, 3.05) is 0 Å². The molecule has 0 aliphatic heterocycles. The van der Waals surface area contributed by atoms with Gasteiger partial charge in [-0.25, -0.2) is 4.57 Å². The van der Waals surface area contributed by atoms with Gasteiger partial charge in [0.1, 0.15) is 11.4 Å². The number of rotatable bonds is 2. The van der Waals surface area contributed by atoms with Crippen LogP contribution in [0.4, 0.5) is 4.39 Å². The molecule has 2 aromatic rings. The molecule has 5 heteroatoms. The molecule has 6 rings (SSSR count). The van der Waals surface area contributed by atoms with E-state index in [1.165, 1.54) is 23.7 Å². The maximum atomic E-state index is 13.5. The lowest BCUT2D eigenvalue weighted by molar-refractivity contribution is -0.783. The number of halogens is 1. The third-order valence-electron chi connectivity index (χ3n) is 6.38. The van der Waals surface area contributed by atoms with Gasteiger partial charge in [-0.15, -0.1) is 0 Å². The van der Waals surface area contributed by atoms with Crippen molar-refractivity contribution in [1.82, 2.24) is 4.40 Å². The lowest BCUT2D eigenvalue weighted by atomic mass is 9.53. The Bertz CT molecular complexity index is 790. The van der Waals surface area contributed by atoms with E-state index in [4.69, 9.17) is 0 Å². The number of fused-ring (bicyclic) bond motifs is 1. The fraction of sp³-hybridized carbons (Fsp3) is 0.556. The van der Waals surface area contributed by atoms with Crippen molar-refractivity contribution in [1.29, 1.82) is 0 Å². The second-order valence-corrected chi connectivity index (χ2v) is 7.83. The van der Waals surface area contributed by atoms with E-state index >= 15 is 0 Å². The van der Waals surface area contributed by atoms with E-state index in [1.54, 1.807) is 16.8 Å². The standard InChI is InChI=1S/C18H19FN2O2/c19-16(22)15-17(23)21(14-3-1-2-4-20(14)15)18-8-11-5-12(9-18)7-13(6-11)10-18/h1-4,11-13H,5-10H2. The highest BCUT2D eigenvalue weighted by atomic mass is 19.1. The minimum Gasteiger partial charge on any atom is -0.839 e. The molecule has 0 unspecified atom stereocenters. The van der Waals surface area contributed by atoms with Gasteiger partial charge in [-0.05, 0) is 62.3 Å². The quantitative estimate of drug-likeness (QED) is 0.631. The van der Waals surface area contributed by atoms with E-state index in [2.05, 4.69) is 0 Å². The van der Waals surface area contributed by atoms with Gasteiger partial charge in [0, 0.05) is 6.07 Å². The number of carbonyl (C=O) groups is 1. The van der Waals surface area contributed by atoms with Crippen LogP contribution >= 0.6 is 0 Å². The smallest absolute Gasteiger partial charge is 0.374 e. The van der Waals surface area contributed by atoms with Gasteiger partial charge in [-0.2, -0.15) is 8.79 Å². The summed E-state index contributed by atoms with van der Waals surface area (Å²) in [5.41, 5.74) is 0.0865. The Balaban J connectivity index is 1.78. The van der Waals surface area contributed by atoms with Crippen LogP contribution in [0.25, 0.3) is 5.65 Å². The number of hydrogen-bond donors (Lipinski definition) is 0. The first kappa shape index (κ1) is 13.5. The third kappa shape index (κ3) is 1.71. The summed E-state index contributed by atoms with van der Waals surface area (Å²) in [7, 11) is 0. The van der Waals surface area contributed by atoms with Crippen LogP contribution in [0.15, 0.2) is 24.4 Å². The van der Waals surface area contributed by atoms with Crippen LogP contribution in [0.1, 0.15) is 49.0 Å². The summed E-state index contributed by atoms with van der Waals surface area (Å²) in [6.07, 6.45) is 8.41. The van der Waals surface area contributed by atoms with E-state index in [0.717, 1.165) is 19.3 Å². The Morgan fingerprint density at radius 1 is 1.17 bits per heavy atom. The van der Waals surface area contributed by atoms with Gasteiger partial charge in [0.15, 0.2) is 0 Å². The van der Waals surface area contributed by atoms with Crippen LogP contribution in [-0.2, 0) is 5.54 Å². The van der Waals surface area contributed by atoms with Crippen LogP contribution in [0, 0.1) is 17.8 Å². The van der Waals surface area contributed by atoms with Crippen molar-refractivity contribution in [3.05, 3.63) is 30.1 Å². The van der Waals surface area contributed by atoms with Crippen molar-refractivity contribution >= 4 is 11.7 Å². The summed E-state index contributed by atoms with van der Waals surface area (Å²) in [6, 6.07) is 3.76. The third-order valence-corrected chi connectivity index (χ3v) is 6.38. The Hall–Kier alpha value is -1.91. The fourth-order valence-electron chi connectivity index (χ4n) is 6.09. The van der Waals surface area contributed by atoms with Crippen LogP contribution in [0.2, 0.25) is 0 Å². The largest absolute Gasteiger partial charge is 0.839 e. The summed E-state index contributed by atoms with van der Waals surface area (Å²) in [5, 5.41) is 12.9. The van der Waals surface area contributed by atoms with Crippen LogP contribution in [0.5, 0.6) is 5.88 Å². The van der Waals surface area contributed by atoms with Crippen LogP contribution in [-0.4, -0.2) is 10.4 Å². The predicted octanol–water partition coefficient (Wildman–Crippen LogP) is 2.34. The van der Waals surface area contributed by atoms with E-state index in [0.29, 0.717) is 23.4 Å². The maximum Gasteiger partial charge on any atom is 0.374 e. The Labute approximate surface area is 133 Å². The number of imidazole rings is 1. The van der Waals surface area contributed by atoms with Gasteiger partial charge in [-0.3, -0.25) is 4.79 Å². The lowest BCUT2D eigenvalue weighted by Gasteiger charge is -2.55. The molecule has 0 spiro atoms. The monoisotopic (exact) mass is 314 g/mol. The normalized spacial score (nSPS) is 35.1. The van der Waals surface area contributed by atoms with Crippen LogP contribution in [0.3, 0.4) is 0 Å². The molecule has 0 saturated heterocycles. The minimum atomic E-state index is -1.64. The van der Waals surface area contributed by atoms with Gasteiger partial charge in [0.25, 0.3) is 5.65 Å². The van der Waals surface area contributed by atoms with Gasteiger partial charge < -0.3 is 5.11 Å². The van der Waals surface area contributed by atoms with Gasteiger partial charge in [-0.1, -0.05) is 6.07 Å². The van der Waals surface area contributed by atoms with Gasteiger partial charge in [0.2, 0.25) is 5.69 Å². The van der Waals surface area contributed by atoms with E-state index in [1.807, 2.05) is 12.1 Å². The van der Waals surface area contributed by atoms with Crippen molar-refractivity contribution < 1.29 is 18.9 Å². The molecule has 0 radical (unpaired) electrons. The summed E-state index contributed by atoms with van der Waals surface area (Å²) >= 11 is 0. The SMILES string of the molecule is O=C(F)c1c([O-])[n+](C23CC4CC(CC(C4)C2)C3)c2ccccn12. The molecule has 2 heterocycles. The maximum absolute atomic E-state index is 13.5. The minimum absolute atomic E-state index is 0.216. The molecule has 0 atom stereocenters. The fourth-order valence-corrected chi connectivity index (χ4v) is 6.09. The van der Waals surface area contributed by atoms with Crippen molar-refractivity contribution in [2.24, 2.45) is 17.8 Å². The topological polar surface area (TPSA) is 48.4 Å². The average Bonchev–Trinajstić information content (AvgIpc) is 2.78. The van der Waals surface area contributed by atoms with E-state index in [-0.39, 0.29) is 11.2 Å². The molecule has 0 aromatic carbocycles. The molecule has 4 aliphatic carbocycles. The van der Waals surface area contributed by atoms with Crippen molar-refractivity contribution in [3.63, 3.8) is 0 Å². The molecule has 0 amide bonds. The first-order valence-corrected chi connectivity index (χ1v) is 8.50. The summed E-state index contributed by atoms with van der Waals surface area (Å²) in [4.78, 5) is 11.4. The first-order chi connectivity index (χ1) is 11.1. The Morgan fingerprint density at radius 2 is 1.78 bits per heavy atom. The zero-order valence-corrected chi connectivity index (χ0v) is 12.9. The second-order valence-electron chi connectivity index (χ2n) is 7.83. The predicted molar refractivity (Wildman–Crippen MR) is 78.6 cm³/mol.